The zero-order valence-electron chi connectivity index (χ0n) is 20.7. The lowest BCUT2D eigenvalue weighted by atomic mass is 10.0. The summed E-state index contributed by atoms with van der Waals surface area (Å²) in [6.45, 7) is 13.3. The van der Waals surface area contributed by atoms with Crippen molar-refractivity contribution >= 4 is 35.8 Å². The van der Waals surface area contributed by atoms with Crippen molar-refractivity contribution in [2.75, 3.05) is 0 Å². The lowest BCUT2D eigenvalue weighted by molar-refractivity contribution is 0.138. The molecule has 2 aromatic carbocycles. The average Bonchev–Trinajstić information content (AvgIpc) is 2.86. The number of halogens is 1. The van der Waals surface area contributed by atoms with E-state index >= 15 is 0 Å². The molecule has 0 heterocycles. The van der Waals surface area contributed by atoms with E-state index in [1.165, 1.54) is 0 Å². The first-order valence-corrected chi connectivity index (χ1v) is 20.0. The summed E-state index contributed by atoms with van der Waals surface area (Å²) in [6.07, 6.45) is -0.323. The molecule has 0 aliphatic rings. The average molecular weight is 509 g/mol. The summed E-state index contributed by atoms with van der Waals surface area (Å²) < 4.78 is 20.7. The minimum absolute atomic E-state index is 0.323. The molecule has 0 unspecified atom stereocenters. The molecule has 32 heavy (non-hydrogen) atoms. The molecule has 0 spiro atoms. The standard InChI is InChI=1S/C25H41ClO3Si3/c1-7-30(8-2,9-3)28-32(26,29-31(10-4,11-5)12-6)27-25(23-19-15-13-16-20-23)24-21-17-14-18-22-24/h13-22,25H,7-12H2,1-6H3. The van der Waals surface area contributed by atoms with Crippen molar-refractivity contribution in [3.8, 4) is 0 Å². The molecule has 0 atom stereocenters. The van der Waals surface area contributed by atoms with Gasteiger partial charge in [-0.3, -0.25) is 0 Å². The monoisotopic (exact) mass is 508 g/mol. The Morgan fingerprint density at radius 2 is 0.906 bits per heavy atom. The van der Waals surface area contributed by atoms with Crippen LogP contribution in [-0.4, -0.2) is 24.7 Å². The van der Waals surface area contributed by atoms with Crippen LogP contribution in [-0.2, 0) is 12.7 Å². The molecule has 0 bridgehead atoms. The highest BCUT2D eigenvalue weighted by Gasteiger charge is 2.53. The van der Waals surface area contributed by atoms with Crippen LogP contribution in [0.5, 0.6) is 0 Å². The lowest BCUT2D eigenvalue weighted by Gasteiger charge is -2.42. The van der Waals surface area contributed by atoms with Crippen molar-refractivity contribution in [2.45, 2.75) is 83.9 Å². The van der Waals surface area contributed by atoms with Crippen molar-refractivity contribution in [3.63, 3.8) is 0 Å². The van der Waals surface area contributed by atoms with Crippen LogP contribution in [0.1, 0.15) is 58.8 Å². The predicted molar refractivity (Wildman–Crippen MR) is 144 cm³/mol. The van der Waals surface area contributed by atoms with Gasteiger partial charge in [0.2, 0.25) is 0 Å². The van der Waals surface area contributed by atoms with Gasteiger partial charge in [0.15, 0.2) is 16.6 Å². The maximum absolute atomic E-state index is 7.42. The Morgan fingerprint density at radius 3 is 1.19 bits per heavy atom. The molecule has 0 N–H and O–H groups in total. The van der Waals surface area contributed by atoms with Crippen LogP contribution in [0.3, 0.4) is 0 Å². The zero-order chi connectivity index (χ0) is 23.7. The van der Waals surface area contributed by atoms with E-state index in [1.807, 2.05) is 36.4 Å². The summed E-state index contributed by atoms with van der Waals surface area (Å²) in [6, 6.07) is 26.6. The van der Waals surface area contributed by atoms with Gasteiger partial charge < -0.3 is 12.7 Å². The molecule has 0 saturated carbocycles. The van der Waals surface area contributed by atoms with Crippen molar-refractivity contribution in [1.82, 2.24) is 0 Å². The lowest BCUT2D eigenvalue weighted by Crippen LogP contribution is -2.57. The fourth-order valence-corrected chi connectivity index (χ4v) is 19.5. The third-order valence-corrected chi connectivity index (χ3v) is 22.3. The molecule has 0 saturated heterocycles. The molecule has 0 aliphatic carbocycles. The van der Waals surface area contributed by atoms with Gasteiger partial charge in [0.25, 0.3) is 0 Å². The first-order valence-electron chi connectivity index (χ1n) is 12.2. The summed E-state index contributed by atoms with van der Waals surface area (Å²) in [5.41, 5.74) is 2.13. The Morgan fingerprint density at radius 1 is 0.594 bits per heavy atom. The van der Waals surface area contributed by atoms with Gasteiger partial charge in [-0.2, -0.15) is 0 Å². The quantitative estimate of drug-likeness (QED) is 0.189. The summed E-state index contributed by atoms with van der Waals surface area (Å²) in [7, 11) is -7.59. The van der Waals surface area contributed by atoms with Crippen molar-refractivity contribution in [2.24, 2.45) is 0 Å². The summed E-state index contributed by atoms with van der Waals surface area (Å²) in [5.74, 6) is 0. The molecule has 2 aromatic rings. The number of benzene rings is 2. The topological polar surface area (TPSA) is 27.7 Å². The second-order valence-corrected chi connectivity index (χ2v) is 21.7. The fraction of sp³-hybridized carbons (Fsp3) is 0.520. The molecular weight excluding hydrogens is 468 g/mol. The Hall–Kier alpha value is -0.739. The van der Waals surface area contributed by atoms with Crippen molar-refractivity contribution < 1.29 is 12.7 Å². The summed E-state index contributed by atoms with van der Waals surface area (Å²) >= 11 is 7.42. The number of rotatable bonds is 14. The van der Waals surface area contributed by atoms with Gasteiger partial charge in [0.05, 0.1) is 0 Å². The minimum Gasteiger partial charge on any atom is -0.404 e. The first kappa shape index (κ1) is 27.5. The molecule has 0 radical (unpaired) electrons. The highest BCUT2D eigenvalue weighted by Crippen LogP contribution is 2.39. The Kier molecular flexibility index (Phi) is 10.9. The van der Waals surface area contributed by atoms with E-state index in [9.17, 15) is 0 Å². The third kappa shape index (κ3) is 6.88. The Labute approximate surface area is 203 Å². The van der Waals surface area contributed by atoms with Gasteiger partial charge in [-0.25, -0.2) is 0 Å². The molecule has 0 aliphatic heterocycles. The molecule has 2 rings (SSSR count). The van der Waals surface area contributed by atoms with Gasteiger partial charge in [-0.05, 0) is 47.4 Å². The molecule has 0 amide bonds. The summed E-state index contributed by atoms with van der Waals surface area (Å²) in [4.78, 5) is 0. The van der Waals surface area contributed by atoms with E-state index in [2.05, 4.69) is 65.8 Å². The van der Waals surface area contributed by atoms with Crippen LogP contribution in [0.4, 0.5) is 0 Å². The molecular formula is C25H41ClO3Si3. The van der Waals surface area contributed by atoms with E-state index < -0.39 is 24.7 Å². The first-order chi connectivity index (χ1) is 15.3. The van der Waals surface area contributed by atoms with Crippen LogP contribution >= 0.6 is 11.1 Å². The molecule has 7 heteroatoms. The maximum Gasteiger partial charge on any atom is 0.592 e. The van der Waals surface area contributed by atoms with Crippen LogP contribution in [0.25, 0.3) is 0 Å². The third-order valence-electron chi connectivity index (χ3n) is 7.01. The molecule has 178 valence electrons. The second-order valence-electron chi connectivity index (χ2n) is 8.49. The van der Waals surface area contributed by atoms with Crippen LogP contribution in [0.2, 0.25) is 36.3 Å². The number of hydrogen-bond donors (Lipinski definition) is 0. The number of hydrogen-bond acceptors (Lipinski definition) is 3. The van der Waals surface area contributed by atoms with E-state index in [1.54, 1.807) is 0 Å². The zero-order valence-corrected chi connectivity index (χ0v) is 24.5. The van der Waals surface area contributed by atoms with E-state index in [0.29, 0.717) is 0 Å². The SMILES string of the molecule is CC[Si](CC)(CC)O[Si](Cl)(OC(c1ccccc1)c1ccccc1)O[Si](CC)(CC)CC. The van der Waals surface area contributed by atoms with E-state index in [4.69, 9.17) is 23.7 Å². The van der Waals surface area contributed by atoms with Crippen LogP contribution in [0.15, 0.2) is 60.7 Å². The smallest absolute Gasteiger partial charge is 0.404 e. The highest BCUT2D eigenvalue weighted by molar-refractivity contribution is 7.14. The van der Waals surface area contributed by atoms with Gasteiger partial charge >= 0.3 is 8.11 Å². The predicted octanol–water partition coefficient (Wildman–Crippen LogP) is 8.51. The summed E-state index contributed by atoms with van der Waals surface area (Å²) in [5, 5.41) is 0. The molecule has 0 aromatic heterocycles. The largest absolute Gasteiger partial charge is 0.592 e. The van der Waals surface area contributed by atoms with Crippen LogP contribution < -0.4 is 0 Å². The maximum atomic E-state index is 7.42. The van der Waals surface area contributed by atoms with Crippen LogP contribution in [0, 0.1) is 0 Å². The van der Waals surface area contributed by atoms with Crippen molar-refractivity contribution in [1.29, 1.82) is 0 Å². The van der Waals surface area contributed by atoms with Gasteiger partial charge in [0.1, 0.15) is 6.10 Å². The highest BCUT2D eigenvalue weighted by atomic mass is 35.6. The molecule has 0 fully saturated rings. The minimum atomic E-state index is -3.48. The van der Waals surface area contributed by atoms with Gasteiger partial charge in [-0.1, -0.05) is 113 Å². The molecule has 3 nitrogen and oxygen atoms in total. The van der Waals surface area contributed by atoms with Gasteiger partial charge in [-0.15, -0.1) is 0 Å². The fourth-order valence-electron chi connectivity index (χ4n) is 4.24. The van der Waals surface area contributed by atoms with E-state index in [-0.39, 0.29) is 6.10 Å². The normalized spacial score (nSPS) is 13.0. The Bertz CT molecular complexity index is 706. The second kappa shape index (κ2) is 12.6. The van der Waals surface area contributed by atoms with E-state index in [0.717, 1.165) is 47.4 Å². The van der Waals surface area contributed by atoms with Crippen molar-refractivity contribution in [3.05, 3.63) is 71.8 Å². The Balaban J connectivity index is 2.55. The van der Waals surface area contributed by atoms with Gasteiger partial charge in [0, 0.05) is 0 Å².